The van der Waals surface area contributed by atoms with Crippen LogP contribution < -0.4 is 10.6 Å². The van der Waals surface area contributed by atoms with Crippen molar-refractivity contribution in [1.82, 2.24) is 20.5 Å². The third-order valence-corrected chi connectivity index (χ3v) is 4.06. The van der Waals surface area contributed by atoms with Crippen molar-refractivity contribution in [2.75, 3.05) is 26.2 Å². The standard InChI is InChI=1S/C19H29N5O/c1-4-20-19(22-14-16-10-7-8-12-21-16)23-15-17(24(5-2)6-3)18-11-9-13-25-18/h7-13,17H,4-6,14-15H2,1-3H3,(H2,20,22,23). The van der Waals surface area contributed by atoms with Crippen LogP contribution in [-0.2, 0) is 6.54 Å². The zero-order valence-electron chi connectivity index (χ0n) is 15.4. The molecule has 0 spiro atoms. The first kappa shape index (κ1) is 19.0. The molecular weight excluding hydrogens is 314 g/mol. The third-order valence-electron chi connectivity index (χ3n) is 4.06. The van der Waals surface area contributed by atoms with Crippen LogP contribution in [0.15, 0.2) is 52.2 Å². The average Bonchev–Trinajstić information content (AvgIpc) is 3.18. The van der Waals surface area contributed by atoms with E-state index in [9.17, 15) is 0 Å². The van der Waals surface area contributed by atoms with E-state index in [4.69, 9.17) is 4.42 Å². The quantitative estimate of drug-likeness (QED) is 0.541. The molecule has 0 fully saturated rings. The predicted octanol–water partition coefficient (Wildman–Crippen LogP) is 2.81. The summed E-state index contributed by atoms with van der Waals surface area (Å²) < 4.78 is 5.65. The van der Waals surface area contributed by atoms with Gasteiger partial charge in [-0.05, 0) is 44.3 Å². The van der Waals surface area contributed by atoms with Crippen LogP contribution in [0, 0.1) is 0 Å². The molecule has 6 heteroatoms. The van der Waals surface area contributed by atoms with E-state index in [1.807, 2.05) is 30.3 Å². The van der Waals surface area contributed by atoms with Gasteiger partial charge in [-0.1, -0.05) is 19.9 Å². The van der Waals surface area contributed by atoms with Gasteiger partial charge in [0, 0.05) is 19.3 Å². The molecule has 2 rings (SSSR count). The molecule has 1 atom stereocenters. The van der Waals surface area contributed by atoms with E-state index < -0.39 is 0 Å². The second kappa shape index (κ2) is 10.5. The molecule has 1 unspecified atom stereocenters. The van der Waals surface area contributed by atoms with Gasteiger partial charge in [-0.25, -0.2) is 4.99 Å². The number of rotatable bonds is 9. The number of pyridine rings is 1. The molecule has 6 nitrogen and oxygen atoms in total. The molecule has 0 bridgehead atoms. The monoisotopic (exact) mass is 343 g/mol. The van der Waals surface area contributed by atoms with Crippen LogP contribution >= 0.6 is 0 Å². The van der Waals surface area contributed by atoms with Crippen molar-refractivity contribution in [1.29, 1.82) is 0 Å². The summed E-state index contributed by atoms with van der Waals surface area (Å²) in [5.41, 5.74) is 0.950. The fourth-order valence-electron chi connectivity index (χ4n) is 2.74. The third kappa shape index (κ3) is 5.90. The highest BCUT2D eigenvalue weighted by Gasteiger charge is 2.20. The van der Waals surface area contributed by atoms with E-state index in [1.54, 1.807) is 12.5 Å². The molecule has 136 valence electrons. The van der Waals surface area contributed by atoms with Crippen molar-refractivity contribution >= 4 is 5.96 Å². The van der Waals surface area contributed by atoms with Gasteiger partial charge in [0.25, 0.3) is 0 Å². The summed E-state index contributed by atoms with van der Waals surface area (Å²) in [6.45, 7) is 10.4. The molecule has 2 heterocycles. The molecule has 25 heavy (non-hydrogen) atoms. The highest BCUT2D eigenvalue weighted by Crippen LogP contribution is 2.20. The number of furan rings is 1. The summed E-state index contributed by atoms with van der Waals surface area (Å²) in [7, 11) is 0. The first-order valence-corrected chi connectivity index (χ1v) is 8.98. The molecule has 0 amide bonds. The fourth-order valence-corrected chi connectivity index (χ4v) is 2.74. The predicted molar refractivity (Wildman–Crippen MR) is 101 cm³/mol. The normalized spacial score (nSPS) is 13.0. The summed E-state index contributed by atoms with van der Waals surface area (Å²) in [6.07, 6.45) is 3.52. The summed E-state index contributed by atoms with van der Waals surface area (Å²) in [5.74, 6) is 1.76. The maximum Gasteiger partial charge on any atom is 0.191 e. The molecule has 2 N–H and O–H groups in total. The molecule has 0 aromatic carbocycles. The minimum absolute atomic E-state index is 0.170. The largest absolute Gasteiger partial charge is 0.468 e. The Morgan fingerprint density at radius 3 is 2.60 bits per heavy atom. The van der Waals surface area contributed by atoms with Crippen LogP contribution in [0.4, 0.5) is 0 Å². The highest BCUT2D eigenvalue weighted by molar-refractivity contribution is 5.79. The van der Waals surface area contributed by atoms with E-state index in [0.717, 1.165) is 43.6 Å². The molecule has 0 radical (unpaired) electrons. The Morgan fingerprint density at radius 2 is 2.00 bits per heavy atom. The van der Waals surface area contributed by atoms with Crippen LogP contribution in [0.25, 0.3) is 0 Å². The zero-order valence-corrected chi connectivity index (χ0v) is 15.4. The van der Waals surface area contributed by atoms with Gasteiger partial charge in [-0.15, -0.1) is 0 Å². The van der Waals surface area contributed by atoms with Crippen molar-refractivity contribution < 1.29 is 4.42 Å². The Labute approximate surface area is 150 Å². The van der Waals surface area contributed by atoms with E-state index in [-0.39, 0.29) is 6.04 Å². The minimum atomic E-state index is 0.170. The summed E-state index contributed by atoms with van der Waals surface area (Å²) in [4.78, 5) is 11.3. The summed E-state index contributed by atoms with van der Waals surface area (Å²) in [6, 6.07) is 10.0. The van der Waals surface area contributed by atoms with Crippen LogP contribution in [0.5, 0.6) is 0 Å². The molecule has 0 aliphatic heterocycles. The van der Waals surface area contributed by atoms with E-state index >= 15 is 0 Å². The van der Waals surface area contributed by atoms with Gasteiger partial charge in [0.1, 0.15) is 5.76 Å². The molecule has 2 aromatic rings. The van der Waals surface area contributed by atoms with Gasteiger partial charge in [0.2, 0.25) is 0 Å². The average molecular weight is 343 g/mol. The first-order valence-electron chi connectivity index (χ1n) is 8.98. The first-order chi connectivity index (χ1) is 12.3. The minimum Gasteiger partial charge on any atom is -0.468 e. The molecule has 0 saturated carbocycles. The second-order valence-corrected chi connectivity index (χ2v) is 5.65. The number of nitrogens with one attached hydrogen (secondary N) is 2. The molecule has 2 aromatic heterocycles. The topological polar surface area (TPSA) is 65.7 Å². The lowest BCUT2D eigenvalue weighted by molar-refractivity contribution is 0.193. The number of hydrogen-bond acceptors (Lipinski definition) is 4. The van der Waals surface area contributed by atoms with Gasteiger partial charge in [-0.2, -0.15) is 0 Å². The van der Waals surface area contributed by atoms with E-state index in [2.05, 4.69) is 46.3 Å². The molecule has 0 saturated heterocycles. The smallest absolute Gasteiger partial charge is 0.191 e. The number of likely N-dealkylation sites (N-methyl/N-ethyl adjacent to an activating group) is 1. The number of hydrogen-bond donors (Lipinski definition) is 2. The molecular formula is C19H29N5O. The Morgan fingerprint density at radius 1 is 1.16 bits per heavy atom. The lowest BCUT2D eigenvalue weighted by Gasteiger charge is -2.28. The summed E-state index contributed by atoms with van der Waals surface area (Å²) >= 11 is 0. The van der Waals surface area contributed by atoms with Gasteiger partial charge in [0.15, 0.2) is 5.96 Å². The maximum absolute atomic E-state index is 5.65. The number of guanidine groups is 1. The van der Waals surface area contributed by atoms with Crippen LogP contribution in [0.2, 0.25) is 0 Å². The second-order valence-electron chi connectivity index (χ2n) is 5.65. The van der Waals surface area contributed by atoms with Crippen molar-refractivity contribution in [3.8, 4) is 0 Å². The number of aromatic nitrogens is 1. The maximum atomic E-state index is 5.65. The van der Waals surface area contributed by atoms with Gasteiger partial charge < -0.3 is 15.1 Å². The number of aliphatic imine (C=N–C) groups is 1. The Bertz CT molecular complexity index is 608. The zero-order chi connectivity index (χ0) is 17.9. The van der Waals surface area contributed by atoms with Crippen LogP contribution in [-0.4, -0.2) is 42.0 Å². The highest BCUT2D eigenvalue weighted by atomic mass is 16.3. The lowest BCUT2D eigenvalue weighted by atomic mass is 10.2. The Hall–Kier alpha value is -2.34. The molecule has 0 aliphatic carbocycles. The van der Waals surface area contributed by atoms with Crippen molar-refractivity contribution in [2.24, 2.45) is 4.99 Å². The molecule has 0 aliphatic rings. The Kier molecular flexibility index (Phi) is 7.98. The van der Waals surface area contributed by atoms with Crippen molar-refractivity contribution in [2.45, 2.75) is 33.4 Å². The van der Waals surface area contributed by atoms with E-state index in [1.165, 1.54) is 0 Å². The lowest BCUT2D eigenvalue weighted by Crippen LogP contribution is -2.43. The summed E-state index contributed by atoms with van der Waals surface area (Å²) in [5, 5.41) is 6.73. The van der Waals surface area contributed by atoms with Gasteiger partial charge in [-0.3, -0.25) is 9.88 Å². The number of nitrogens with zero attached hydrogens (tertiary/aromatic N) is 3. The van der Waals surface area contributed by atoms with Crippen molar-refractivity contribution in [3.05, 3.63) is 54.2 Å². The van der Waals surface area contributed by atoms with E-state index in [0.29, 0.717) is 6.54 Å². The Balaban J connectivity index is 2.03. The van der Waals surface area contributed by atoms with Crippen LogP contribution in [0.1, 0.15) is 38.3 Å². The van der Waals surface area contributed by atoms with Crippen molar-refractivity contribution in [3.63, 3.8) is 0 Å². The van der Waals surface area contributed by atoms with Gasteiger partial charge >= 0.3 is 0 Å². The SMILES string of the molecule is CCNC(=NCc1ccccn1)NCC(c1ccco1)N(CC)CC. The van der Waals surface area contributed by atoms with Gasteiger partial charge in [0.05, 0.1) is 24.5 Å². The fraction of sp³-hybridized carbons (Fsp3) is 0.474. The van der Waals surface area contributed by atoms with Crippen LogP contribution in [0.3, 0.4) is 0 Å².